The van der Waals surface area contributed by atoms with Gasteiger partial charge in [-0.15, -0.1) is 0 Å². The minimum Gasteiger partial charge on any atom is -0.497 e. The average Bonchev–Trinajstić information content (AvgIpc) is 3.20. The Morgan fingerprint density at radius 2 is 1.70 bits per heavy atom. The summed E-state index contributed by atoms with van der Waals surface area (Å²) in [5, 5.41) is 2.90. The zero-order chi connectivity index (χ0) is 20.8. The molecule has 3 aromatic carbocycles. The zero-order valence-electron chi connectivity index (χ0n) is 17.1. The van der Waals surface area contributed by atoms with Crippen molar-refractivity contribution >= 4 is 11.6 Å². The highest BCUT2D eigenvalue weighted by molar-refractivity contribution is 5.94. The Labute approximate surface area is 177 Å². The van der Waals surface area contributed by atoms with Gasteiger partial charge in [0.25, 0.3) is 5.91 Å². The van der Waals surface area contributed by atoms with E-state index in [4.69, 9.17) is 9.47 Å². The van der Waals surface area contributed by atoms with Gasteiger partial charge in [-0.2, -0.15) is 0 Å². The number of benzene rings is 3. The minimum absolute atomic E-state index is 0.0913. The maximum absolute atomic E-state index is 12.4. The number of anilines is 1. The smallest absolute Gasteiger partial charge is 0.251 e. The third kappa shape index (κ3) is 4.74. The van der Waals surface area contributed by atoms with Crippen LogP contribution in [0.5, 0.6) is 11.5 Å². The first kappa shape index (κ1) is 19.8. The number of hydrogen-bond donors (Lipinski definition) is 1. The summed E-state index contributed by atoms with van der Waals surface area (Å²) in [5.74, 6) is 1.44. The molecule has 154 valence electrons. The molecular formula is C25H26N2O3. The van der Waals surface area contributed by atoms with Gasteiger partial charge in [-0.1, -0.05) is 30.3 Å². The monoisotopic (exact) mass is 402 g/mol. The summed E-state index contributed by atoms with van der Waals surface area (Å²) in [6.45, 7) is 2.74. The van der Waals surface area contributed by atoms with Crippen molar-refractivity contribution in [3.63, 3.8) is 0 Å². The molecule has 4 rings (SSSR count). The predicted molar refractivity (Wildman–Crippen MR) is 118 cm³/mol. The Bertz CT molecular complexity index is 984. The molecule has 1 heterocycles. The molecule has 0 saturated carbocycles. The molecule has 3 aromatic rings. The highest BCUT2D eigenvalue weighted by Crippen LogP contribution is 2.28. The van der Waals surface area contributed by atoms with Crippen molar-refractivity contribution in [3.8, 4) is 11.5 Å². The van der Waals surface area contributed by atoms with Crippen LogP contribution in [-0.4, -0.2) is 32.7 Å². The molecule has 5 heteroatoms. The van der Waals surface area contributed by atoms with Crippen LogP contribution in [0.4, 0.5) is 5.69 Å². The summed E-state index contributed by atoms with van der Waals surface area (Å²) in [4.78, 5) is 14.8. The zero-order valence-corrected chi connectivity index (χ0v) is 17.1. The highest BCUT2D eigenvalue weighted by atomic mass is 16.5. The molecule has 0 fully saturated rings. The van der Waals surface area contributed by atoms with Crippen molar-refractivity contribution in [2.45, 2.75) is 13.0 Å². The number of amides is 1. The summed E-state index contributed by atoms with van der Waals surface area (Å²) < 4.78 is 10.8. The van der Waals surface area contributed by atoms with Crippen LogP contribution in [0, 0.1) is 0 Å². The van der Waals surface area contributed by atoms with Crippen molar-refractivity contribution in [1.29, 1.82) is 0 Å². The Balaban J connectivity index is 1.24. The molecule has 1 amide bonds. The molecule has 1 aliphatic heterocycles. The van der Waals surface area contributed by atoms with E-state index in [9.17, 15) is 4.79 Å². The van der Waals surface area contributed by atoms with Gasteiger partial charge in [0.1, 0.15) is 18.1 Å². The van der Waals surface area contributed by atoms with E-state index in [0.29, 0.717) is 18.7 Å². The summed E-state index contributed by atoms with van der Waals surface area (Å²) in [6.07, 6.45) is 1.09. The molecule has 0 atom stereocenters. The fraction of sp³-hybridized carbons (Fsp3) is 0.240. The first-order chi connectivity index (χ1) is 14.7. The van der Waals surface area contributed by atoms with Crippen molar-refractivity contribution < 1.29 is 14.3 Å². The van der Waals surface area contributed by atoms with Crippen LogP contribution in [0.3, 0.4) is 0 Å². The highest BCUT2D eigenvalue weighted by Gasteiger charge is 2.18. The van der Waals surface area contributed by atoms with E-state index < -0.39 is 0 Å². The number of ether oxygens (including phenoxy) is 2. The lowest BCUT2D eigenvalue weighted by Crippen LogP contribution is -2.28. The number of methoxy groups -OCH3 is 1. The van der Waals surface area contributed by atoms with Crippen LogP contribution in [-0.2, 0) is 13.0 Å². The molecule has 1 aliphatic rings. The molecule has 0 bridgehead atoms. The second-order valence-corrected chi connectivity index (χ2v) is 7.28. The van der Waals surface area contributed by atoms with Crippen molar-refractivity contribution in [1.82, 2.24) is 5.32 Å². The van der Waals surface area contributed by atoms with Crippen LogP contribution in [0.1, 0.15) is 21.5 Å². The molecule has 1 N–H and O–H groups in total. The van der Waals surface area contributed by atoms with Gasteiger partial charge in [0.15, 0.2) is 0 Å². The van der Waals surface area contributed by atoms with E-state index in [0.717, 1.165) is 31.0 Å². The Kier molecular flexibility index (Phi) is 6.18. The molecule has 5 nitrogen and oxygen atoms in total. The molecule has 0 unspecified atom stereocenters. The van der Waals surface area contributed by atoms with Gasteiger partial charge < -0.3 is 19.7 Å². The first-order valence-corrected chi connectivity index (χ1v) is 10.2. The summed E-state index contributed by atoms with van der Waals surface area (Å²) in [6, 6.07) is 23.8. The second-order valence-electron chi connectivity index (χ2n) is 7.28. The molecular weight excluding hydrogens is 376 g/mol. The van der Waals surface area contributed by atoms with Crippen LogP contribution in [0.15, 0.2) is 72.8 Å². The molecule has 0 radical (unpaired) electrons. The number of nitrogens with one attached hydrogen (secondary N) is 1. The van der Waals surface area contributed by atoms with E-state index in [2.05, 4.69) is 34.5 Å². The van der Waals surface area contributed by atoms with Crippen molar-refractivity contribution in [3.05, 3.63) is 89.5 Å². The van der Waals surface area contributed by atoms with Crippen LogP contribution in [0.25, 0.3) is 0 Å². The fourth-order valence-corrected chi connectivity index (χ4v) is 3.66. The van der Waals surface area contributed by atoms with E-state index in [1.807, 2.05) is 48.5 Å². The molecule has 0 spiro atoms. The summed E-state index contributed by atoms with van der Waals surface area (Å²) in [7, 11) is 1.63. The van der Waals surface area contributed by atoms with E-state index in [1.165, 1.54) is 16.8 Å². The lowest BCUT2D eigenvalue weighted by molar-refractivity contribution is 0.0947. The summed E-state index contributed by atoms with van der Waals surface area (Å²) in [5.41, 5.74) is 4.58. The number of rotatable bonds is 8. The van der Waals surface area contributed by atoms with Gasteiger partial charge >= 0.3 is 0 Å². The van der Waals surface area contributed by atoms with Gasteiger partial charge in [-0.3, -0.25) is 4.79 Å². The number of hydrogen-bond acceptors (Lipinski definition) is 4. The molecule has 0 saturated heterocycles. The molecule has 30 heavy (non-hydrogen) atoms. The van der Waals surface area contributed by atoms with Crippen LogP contribution < -0.4 is 19.7 Å². The number of para-hydroxylation sites is 1. The Hall–Kier alpha value is -3.47. The van der Waals surface area contributed by atoms with E-state index in [1.54, 1.807) is 7.11 Å². The number of nitrogens with zero attached hydrogens (tertiary/aromatic N) is 1. The quantitative estimate of drug-likeness (QED) is 0.577. The number of carbonyl (C=O) groups is 1. The number of carbonyl (C=O) groups excluding carboxylic acids is 1. The first-order valence-electron chi connectivity index (χ1n) is 10.2. The maximum atomic E-state index is 12.4. The van der Waals surface area contributed by atoms with Gasteiger partial charge in [0.05, 0.1) is 13.7 Å². The van der Waals surface area contributed by atoms with E-state index >= 15 is 0 Å². The van der Waals surface area contributed by atoms with E-state index in [-0.39, 0.29) is 5.91 Å². The third-order valence-electron chi connectivity index (χ3n) is 5.29. The number of fused-ring (bicyclic) bond motifs is 1. The minimum atomic E-state index is -0.0913. The van der Waals surface area contributed by atoms with Crippen molar-refractivity contribution in [2.24, 2.45) is 0 Å². The topological polar surface area (TPSA) is 50.8 Å². The van der Waals surface area contributed by atoms with Gasteiger partial charge in [-0.25, -0.2) is 0 Å². The van der Waals surface area contributed by atoms with Gasteiger partial charge in [0.2, 0.25) is 0 Å². The average molecular weight is 402 g/mol. The van der Waals surface area contributed by atoms with Gasteiger partial charge in [-0.05, 0) is 60.0 Å². The third-order valence-corrected chi connectivity index (χ3v) is 5.29. The SMILES string of the molecule is COc1ccc(OCCNC(=O)c2ccc(CN3CCc4ccccc43)cc2)cc1. The second kappa shape index (κ2) is 9.35. The van der Waals surface area contributed by atoms with Crippen LogP contribution in [0.2, 0.25) is 0 Å². The summed E-state index contributed by atoms with van der Waals surface area (Å²) >= 11 is 0. The Morgan fingerprint density at radius 3 is 2.47 bits per heavy atom. The van der Waals surface area contributed by atoms with Crippen LogP contribution >= 0.6 is 0 Å². The lowest BCUT2D eigenvalue weighted by atomic mass is 10.1. The molecule has 0 aromatic heterocycles. The fourth-order valence-electron chi connectivity index (χ4n) is 3.66. The largest absolute Gasteiger partial charge is 0.497 e. The molecule has 0 aliphatic carbocycles. The van der Waals surface area contributed by atoms with Gasteiger partial charge in [0, 0.05) is 24.3 Å². The normalized spacial score (nSPS) is 12.4. The maximum Gasteiger partial charge on any atom is 0.251 e. The lowest BCUT2D eigenvalue weighted by Gasteiger charge is -2.19. The Morgan fingerprint density at radius 1 is 0.967 bits per heavy atom. The standard InChI is InChI=1S/C25H26N2O3/c1-29-22-10-12-23(13-11-22)30-17-15-26-25(28)21-8-6-19(7-9-21)18-27-16-14-20-4-2-3-5-24(20)27/h2-13H,14-18H2,1H3,(H,26,28). The predicted octanol–water partition coefficient (Wildman–Crippen LogP) is 4.07. The van der Waals surface area contributed by atoms with Crippen molar-refractivity contribution in [2.75, 3.05) is 31.7 Å².